The van der Waals surface area contributed by atoms with Gasteiger partial charge in [-0.2, -0.15) is 0 Å². The van der Waals surface area contributed by atoms with E-state index in [2.05, 4.69) is 69.4 Å². The summed E-state index contributed by atoms with van der Waals surface area (Å²) < 4.78 is 16.9. The van der Waals surface area contributed by atoms with Crippen LogP contribution in [0.25, 0.3) is 0 Å². The number of carbonyl (C=O) groups excluding carboxylic acids is 3. The zero-order valence-corrected chi connectivity index (χ0v) is 44.7. The van der Waals surface area contributed by atoms with Gasteiger partial charge in [0.25, 0.3) is 0 Å². The van der Waals surface area contributed by atoms with Crippen LogP contribution in [0.1, 0.15) is 303 Å². The Labute approximate surface area is 416 Å². The third-order valence-corrected chi connectivity index (χ3v) is 12.8. The largest absolute Gasteiger partial charge is 0.462 e. The van der Waals surface area contributed by atoms with E-state index in [1.807, 2.05) is 0 Å². The van der Waals surface area contributed by atoms with E-state index >= 15 is 0 Å². The van der Waals surface area contributed by atoms with E-state index in [-0.39, 0.29) is 31.1 Å². The van der Waals surface area contributed by atoms with Gasteiger partial charge in [-0.25, -0.2) is 0 Å². The second-order valence-corrected chi connectivity index (χ2v) is 19.6. The van der Waals surface area contributed by atoms with Crippen LogP contribution in [0, 0.1) is 0 Å². The molecule has 0 spiro atoms. The van der Waals surface area contributed by atoms with Crippen LogP contribution in [0.2, 0.25) is 0 Å². The number of hydrogen-bond acceptors (Lipinski definition) is 6. The molecule has 0 aliphatic rings. The molecule has 1 atom stereocenters. The Morgan fingerprint density at radius 3 is 0.881 bits per heavy atom. The molecule has 0 rings (SSSR count). The Balaban J connectivity index is 4.37. The minimum Gasteiger partial charge on any atom is -0.462 e. The van der Waals surface area contributed by atoms with Gasteiger partial charge in [0.15, 0.2) is 6.10 Å². The first kappa shape index (κ1) is 64.4. The quantitative estimate of drug-likeness (QED) is 0.0199. The van der Waals surface area contributed by atoms with Gasteiger partial charge in [0, 0.05) is 19.3 Å². The molecule has 1 unspecified atom stereocenters. The van der Waals surface area contributed by atoms with Crippen LogP contribution in [0.4, 0.5) is 0 Å². The first-order valence-electron chi connectivity index (χ1n) is 29.2. The molecule has 0 bridgehead atoms. The predicted molar refractivity (Wildman–Crippen MR) is 289 cm³/mol. The highest BCUT2D eigenvalue weighted by molar-refractivity contribution is 5.71. The van der Waals surface area contributed by atoms with E-state index in [0.717, 1.165) is 83.5 Å². The predicted octanol–water partition coefficient (Wildman–Crippen LogP) is 19.4. The fraction of sp³-hybridized carbons (Fsp3) is 0.820. The van der Waals surface area contributed by atoms with Gasteiger partial charge in [-0.05, 0) is 96.3 Å². The molecule has 390 valence electrons. The number of ether oxygens (including phenoxy) is 3. The van der Waals surface area contributed by atoms with Crippen LogP contribution < -0.4 is 0 Å². The van der Waals surface area contributed by atoms with E-state index in [9.17, 15) is 14.4 Å². The summed E-state index contributed by atoms with van der Waals surface area (Å²) in [5.41, 5.74) is 0. The van der Waals surface area contributed by atoms with Gasteiger partial charge in [0.1, 0.15) is 13.2 Å². The molecule has 0 saturated carbocycles. The molecule has 0 aliphatic carbocycles. The van der Waals surface area contributed by atoms with Gasteiger partial charge >= 0.3 is 17.9 Å². The molecule has 0 aliphatic heterocycles. The van der Waals surface area contributed by atoms with Crippen molar-refractivity contribution >= 4 is 17.9 Å². The molecule has 6 heteroatoms. The summed E-state index contributed by atoms with van der Waals surface area (Å²) in [5, 5.41) is 0. The molecule has 67 heavy (non-hydrogen) atoms. The molecule has 0 aromatic carbocycles. The van der Waals surface area contributed by atoms with Crippen molar-refractivity contribution < 1.29 is 28.6 Å². The molecule has 0 aromatic rings. The number of carbonyl (C=O) groups is 3. The fourth-order valence-electron chi connectivity index (χ4n) is 8.36. The van der Waals surface area contributed by atoms with Gasteiger partial charge < -0.3 is 14.2 Å². The molecular formula is C61H110O6. The Morgan fingerprint density at radius 2 is 0.537 bits per heavy atom. The summed E-state index contributed by atoms with van der Waals surface area (Å²) in [6.07, 6.45) is 68.1. The van der Waals surface area contributed by atoms with Crippen molar-refractivity contribution in [3.63, 3.8) is 0 Å². The third-order valence-electron chi connectivity index (χ3n) is 12.8. The zero-order valence-electron chi connectivity index (χ0n) is 44.7. The van der Waals surface area contributed by atoms with E-state index in [1.165, 1.54) is 180 Å². The molecule has 0 amide bonds. The Hall–Kier alpha value is -2.63. The summed E-state index contributed by atoms with van der Waals surface area (Å²) in [6.45, 7) is 6.61. The van der Waals surface area contributed by atoms with Crippen molar-refractivity contribution in [1.82, 2.24) is 0 Å². The molecular weight excluding hydrogens is 829 g/mol. The molecule has 0 N–H and O–H groups in total. The SMILES string of the molecule is CCCCC/C=C\C=C/CCCCCCCCCCCCC(=O)OCC(COC(=O)CCCCC/C=C\CCCCCCCCC)OC(=O)CCCCCCC/C=C\CCCCCCCCC. The molecule has 0 heterocycles. The van der Waals surface area contributed by atoms with Crippen molar-refractivity contribution in [2.75, 3.05) is 13.2 Å². The smallest absolute Gasteiger partial charge is 0.306 e. The van der Waals surface area contributed by atoms with Crippen LogP contribution in [-0.2, 0) is 28.6 Å². The lowest BCUT2D eigenvalue weighted by Gasteiger charge is -2.18. The van der Waals surface area contributed by atoms with Crippen molar-refractivity contribution in [2.45, 2.75) is 309 Å². The third kappa shape index (κ3) is 54.2. The highest BCUT2D eigenvalue weighted by Crippen LogP contribution is 2.15. The first-order valence-corrected chi connectivity index (χ1v) is 29.2. The van der Waals surface area contributed by atoms with Gasteiger partial charge in [-0.15, -0.1) is 0 Å². The fourth-order valence-corrected chi connectivity index (χ4v) is 8.36. The van der Waals surface area contributed by atoms with Crippen LogP contribution in [0.5, 0.6) is 0 Å². The molecule has 0 fully saturated rings. The maximum Gasteiger partial charge on any atom is 0.306 e. The van der Waals surface area contributed by atoms with Crippen molar-refractivity contribution in [3.05, 3.63) is 48.6 Å². The summed E-state index contributed by atoms with van der Waals surface area (Å²) >= 11 is 0. The minimum absolute atomic E-state index is 0.0814. The van der Waals surface area contributed by atoms with E-state index in [1.54, 1.807) is 0 Å². The van der Waals surface area contributed by atoms with Crippen LogP contribution >= 0.6 is 0 Å². The molecule has 0 saturated heterocycles. The number of esters is 3. The summed E-state index contributed by atoms with van der Waals surface area (Å²) in [6, 6.07) is 0. The molecule has 0 aromatic heterocycles. The van der Waals surface area contributed by atoms with Gasteiger partial charge in [-0.1, -0.05) is 236 Å². The average molecular weight is 940 g/mol. The van der Waals surface area contributed by atoms with E-state index in [0.29, 0.717) is 19.3 Å². The van der Waals surface area contributed by atoms with Crippen molar-refractivity contribution in [3.8, 4) is 0 Å². The van der Waals surface area contributed by atoms with Crippen LogP contribution in [0.3, 0.4) is 0 Å². The van der Waals surface area contributed by atoms with Crippen molar-refractivity contribution in [1.29, 1.82) is 0 Å². The van der Waals surface area contributed by atoms with Gasteiger partial charge in [-0.3, -0.25) is 14.4 Å². The standard InChI is InChI=1S/C61H110O6/c1-4-7-10-13-16-19-22-25-28-30-31-32-34-36-39-42-45-48-51-54-60(63)66-57-58(56-65-59(62)53-50-47-44-41-38-35-27-24-21-18-15-12-9-6-3)67-61(64)55-52-49-46-43-40-37-33-29-26-23-20-17-14-11-8-5-2/h16,19,22,25,29,33,35,38,58H,4-15,17-18,20-21,23-24,26-28,30-32,34,36-37,39-57H2,1-3H3/b19-16-,25-22-,33-29-,38-35-. The van der Waals surface area contributed by atoms with E-state index in [4.69, 9.17) is 14.2 Å². The lowest BCUT2D eigenvalue weighted by molar-refractivity contribution is -0.167. The topological polar surface area (TPSA) is 78.9 Å². The summed E-state index contributed by atoms with van der Waals surface area (Å²) in [5.74, 6) is -0.896. The number of hydrogen-bond donors (Lipinski definition) is 0. The highest BCUT2D eigenvalue weighted by Gasteiger charge is 2.19. The van der Waals surface area contributed by atoms with E-state index < -0.39 is 6.10 Å². The summed E-state index contributed by atoms with van der Waals surface area (Å²) in [7, 11) is 0. The zero-order chi connectivity index (χ0) is 48.6. The van der Waals surface area contributed by atoms with Crippen LogP contribution in [0.15, 0.2) is 48.6 Å². The van der Waals surface area contributed by atoms with Gasteiger partial charge in [0.05, 0.1) is 0 Å². The lowest BCUT2D eigenvalue weighted by Crippen LogP contribution is -2.30. The maximum absolute atomic E-state index is 12.8. The Bertz CT molecular complexity index is 1170. The lowest BCUT2D eigenvalue weighted by atomic mass is 10.1. The highest BCUT2D eigenvalue weighted by atomic mass is 16.6. The Morgan fingerprint density at radius 1 is 0.299 bits per heavy atom. The van der Waals surface area contributed by atoms with Gasteiger partial charge in [0.2, 0.25) is 0 Å². The van der Waals surface area contributed by atoms with Crippen LogP contribution in [-0.4, -0.2) is 37.2 Å². The second-order valence-electron chi connectivity index (χ2n) is 19.6. The monoisotopic (exact) mass is 939 g/mol. The number of allylic oxidation sites excluding steroid dienone is 8. The minimum atomic E-state index is -0.784. The number of rotatable bonds is 53. The number of unbranched alkanes of at least 4 members (excludes halogenated alkanes) is 35. The molecule has 6 nitrogen and oxygen atoms in total. The Kier molecular flexibility index (Phi) is 53.8. The average Bonchev–Trinajstić information content (AvgIpc) is 3.33. The summed E-state index contributed by atoms with van der Waals surface area (Å²) in [4.78, 5) is 38.1. The van der Waals surface area contributed by atoms with Crippen molar-refractivity contribution in [2.24, 2.45) is 0 Å². The maximum atomic E-state index is 12.8. The first-order chi connectivity index (χ1) is 33.0. The molecule has 0 radical (unpaired) electrons. The second kappa shape index (κ2) is 56.0. The normalized spacial score (nSPS) is 12.3.